The molecule has 1 aromatic heterocycles. The Hall–Kier alpha value is -3.68. The van der Waals surface area contributed by atoms with Crippen LogP contribution in [-0.2, 0) is 9.59 Å². The van der Waals surface area contributed by atoms with Gasteiger partial charge < -0.3 is 20.6 Å². The normalized spacial score (nSPS) is 20.5. The number of aryl methyl sites for hydroxylation is 1. The molecule has 8 nitrogen and oxygen atoms in total. The molecule has 2 aliphatic rings. The second-order valence-electron chi connectivity index (χ2n) is 8.51. The van der Waals surface area contributed by atoms with Crippen LogP contribution in [0.1, 0.15) is 24.8 Å². The highest BCUT2D eigenvalue weighted by Gasteiger charge is 2.32. The number of carbonyl (C=O) groups is 2. The summed E-state index contributed by atoms with van der Waals surface area (Å²) in [5.74, 6) is 1.20. The van der Waals surface area contributed by atoms with Crippen LogP contribution in [0.2, 0.25) is 0 Å². The van der Waals surface area contributed by atoms with Gasteiger partial charge in [-0.25, -0.2) is 9.97 Å². The number of benzene rings is 2. The molecule has 2 atom stereocenters. The van der Waals surface area contributed by atoms with E-state index in [0.29, 0.717) is 30.8 Å². The van der Waals surface area contributed by atoms with Crippen LogP contribution in [0.25, 0.3) is 22.3 Å². The van der Waals surface area contributed by atoms with Gasteiger partial charge in [0.2, 0.25) is 11.8 Å². The van der Waals surface area contributed by atoms with Crippen LogP contribution < -0.4 is 15.5 Å². The molecule has 164 valence electrons. The molecule has 32 heavy (non-hydrogen) atoms. The average Bonchev–Trinajstić information content (AvgIpc) is 3.42. The fourth-order valence-electron chi connectivity index (χ4n) is 4.43. The molecule has 0 spiro atoms. The molecule has 0 aliphatic carbocycles. The summed E-state index contributed by atoms with van der Waals surface area (Å²) in [7, 11) is 0. The molecule has 8 heteroatoms. The van der Waals surface area contributed by atoms with E-state index in [4.69, 9.17) is 9.97 Å². The van der Waals surface area contributed by atoms with Gasteiger partial charge >= 0.3 is 0 Å². The molecular weight excluding hydrogens is 406 g/mol. The highest BCUT2D eigenvalue weighted by molar-refractivity contribution is 5.93. The quantitative estimate of drug-likeness (QED) is 0.585. The van der Waals surface area contributed by atoms with Crippen molar-refractivity contribution in [2.24, 2.45) is 0 Å². The second-order valence-corrected chi connectivity index (χ2v) is 8.51. The van der Waals surface area contributed by atoms with E-state index in [1.54, 1.807) is 18.2 Å². The summed E-state index contributed by atoms with van der Waals surface area (Å²) in [5.41, 5.74) is 2.49. The Morgan fingerprint density at radius 3 is 2.81 bits per heavy atom. The number of hydrogen-bond donors (Lipinski definition) is 3. The van der Waals surface area contributed by atoms with Crippen molar-refractivity contribution in [3.05, 3.63) is 48.0 Å². The number of fused-ring (bicyclic) bond motifs is 1. The summed E-state index contributed by atoms with van der Waals surface area (Å²) in [6, 6.07) is 12.7. The number of nitrogens with zero attached hydrogens (tertiary/aromatic N) is 3. The lowest BCUT2D eigenvalue weighted by atomic mass is 10.1. The maximum atomic E-state index is 12.5. The van der Waals surface area contributed by atoms with E-state index in [-0.39, 0.29) is 23.6 Å². The number of para-hydroxylation sites is 1. The Kier molecular flexibility index (Phi) is 5.13. The second kappa shape index (κ2) is 8.11. The van der Waals surface area contributed by atoms with Crippen LogP contribution >= 0.6 is 0 Å². The van der Waals surface area contributed by atoms with Gasteiger partial charge in [-0.05, 0) is 49.6 Å². The highest BCUT2D eigenvalue weighted by Crippen LogP contribution is 2.33. The van der Waals surface area contributed by atoms with Crippen molar-refractivity contribution in [1.82, 2.24) is 20.6 Å². The number of amides is 2. The first-order valence-corrected chi connectivity index (χ1v) is 10.9. The summed E-state index contributed by atoms with van der Waals surface area (Å²) in [6.45, 7) is 3.37. The van der Waals surface area contributed by atoms with Crippen molar-refractivity contribution in [2.45, 2.75) is 38.3 Å². The summed E-state index contributed by atoms with van der Waals surface area (Å²) in [4.78, 5) is 35.6. The smallest absolute Gasteiger partial charge is 0.242 e. The number of phenols is 1. The third-order valence-electron chi connectivity index (χ3n) is 6.12. The minimum Gasteiger partial charge on any atom is -0.507 e. The SMILES string of the molecule is Cc1ccc2c(N3CCC(NC(=O)C4CCC(=O)N4)C3)nc(-c3ccccc3O)nc2c1. The number of phenolic OH excluding ortho intramolecular Hbond substituents is 1. The van der Waals surface area contributed by atoms with E-state index in [2.05, 4.69) is 15.5 Å². The number of anilines is 1. The molecule has 3 N–H and O–H groups in total. The van der Waals surface area contributed by atoms with E-state index < -0.39 is 6.04 Å². The predicted octanol–water partition coefficient (Wildman–Crippen LogP) is 2.28. The molecule has 5 rings (SSSR count). The van der Waals surface area contributed by atoms with Crippen molar-refractivity contribution < 1.29 is 14.7 Å². The molecule has 0 radical (unpaired) electrons. The number of nitrogens with one attached hydrogen (secondary N) is 2. The summed E-state index contributed by atoms with van der Waals surface area (Å²) >= 11 is 0. The van der Waals surface area contributed by atoms with Crippen LogP contribution in [0.5, 0.6) is 5.75 Å². The number of hydrogen-bond acceptors (Lipinski definition) is 6. The maximum Gasteiger partial charge on any atom is 0.242 e. The standard InChI is InChI=1S/C24H25N5O3/c1-14-6-7-16-19(12-14)27-22(17-4-2-3-5-20(17)30)28-23(16)29-11-10-15(13-29)25-24(32)18-8-9-21(31)26-18/h2-7,12,15,18,30H,8-11,13H2,1H3,(H,25,32)(H,26,31). The van der Waals surface area contributed by atoms with Crippen molar-refractivity contribution in [2.75, 3.05) is 18.0 Å². The number of aromatic nitrogens is 2. The molecule has 2 aliphatic heterocycles. The fraction of sp³-hybridized carbons (Fsp3) is 0.333. The van der Waals surface area contributed by atoms with Gasteiger partial charge in [0.25, 0.3) is 0 Å². The first-order chi connectivity index (χ1) is 15.5. The molecule has 3 heterocycles. The zero-order valence-electron chi connectivity index (χ0n) is 17.8. The van der Waals surface area contributed by atoms with E-state index >= 15 is 0 Å². The number of aromatic hydroxyl groups is 1. The molecule has 0 bridgehead atoms. The van der Waals surface area contributed by atoms with Gasteiger partial charge in [-0.2, -0.15) is 0 Å². The van der Waals surface area contributed by atoms with Gasteiger partial charge in [0, 0.05) is 30.9 Å². The zero-order valence-corrected chi connectivity index (χ0v) is 17.8. The molecule has 2 unspecified atom stereocenters. The molecule has 2 saturated heterocycles. The van der Waals surface area contributed by atoms with Crippen LogP contribution in [0, 0.1) is 6.92 Å². The van der Waals surface area contributed by atoms with Crippen molar-refractivity contribution >= 4 is 28.5 Å². The predicted molar refractivity (Wildman–Crippen MR) is 121 cm³/mol. The molecule has 2 aromatic carbocycles. The van der Waals surface area contributed by atoms with E-state index in [1.165, 1.54) is 0 Å². The Balaban J connectivity index is 1.44. The topological polar surface area (TPSA) is 107 Å². The Morgan fingerprint density at radius 2 is 2.03 bits per heavy atom. The van der Waals surface area contributed by atoms with Gasteiger partial charge in [0.05, 0.1) is 11.1 Å². The lowest BCUT2D eigenvalue weighted by Crippen LogP contribution is -2.46. The van der Waals surface area contributed by atoms with Crippen molar-refractivity contribution in [3.8, 4) is 17.1 Å². The van der Waals surface area contributed by atoms with Crippen LogP contribution in [0.3, 0.4) is 0 Å². The number of rotatable bonds is 4. The van der Waals surface area contributed by atoms with E-state index in [9.17, 15) is 14.7 Å². The number of carbonyl (C=O) groups excluding carboxylic acids is 2. The monoisotopic (exact) mass is 431 g/mol. The van der Waals surface area contributed by atoms with Gasteiger partial charge in [-0.1, -0.05) is 18.2 Å². The average molecular weight is 431 g/mol. The summed E-state index contributed by atoms with van der Waals surface area (Å²) in [6.07, 6.45) is 1.73. The fourth-order valence-corrected chi connectivity index (χ4v) is 4.43. The van der Waals surface area contributed by atoms with Gasteiger partial charge in [0.1, 0.15) is 17.6 Å². The minimum absolute atomic E-state index is 0.0240. The van der Waals surface area contributed by atoms with Crippen molar-refractivity contribution in [1.29, 1.82) is 0 Å². The maximum absolute atomic E-state index is 12.5. The Bertz CT molecular complexity index is 1210. The van der Waals surface area contributed by atoms with Gasteiger partial charge in [0.15, 0.2) is 5.82 Å². The summed E-state index contributed by atoms with van der Waals surface area (Å²) < 4.78 is 0. The largest absolute Gasteiger partial charge is 0.507 e. The lowest BCUT2D eigenvalue weighted by Gasteiger charge is -2.21. The third-order valence-corrected chi connectivity index (χ3v) is 6.12. The van der Waals surface area contributed by atoms with E-state index in [0.717, 1.165) is 35.2 Å². The van der Waals surface area contributed by atoms with E-state index in [1.807, 2.05) is 31.2 Å². The van der Waals surface area contributed by atoms with Crippen molar-refractivity contribution in [3.63, 3.8) is 0 Å². The van der Waals surface area contributed by atoms with Gasteiger partial charge in [-0.15, -0.1) is 0 Å². The lowest BCUT2D eigenvalue weighted by molar-refractivity contribution is -0.126. The highest BCUT2D eigenvalue weighted by atomic mass is 16.3. The van der Waals surface area contributed by atoms with Gasteiger partial charge in [-0.3, -0.25) is 9.59 Å². The van der Waals surface area contributed by atoms with Crippen LogP contribution in [0.15, 0.2) is 42.5 Å². The Labute approximate surface area is 185 Å². The molecule has 2 amide bonds. The Morgan fingerprint density at radius 1 is 1.19 bits per heavy atom. The third kappa shape index (κ3) is 3.84. The zero-order chi connectivity index (χ0) is 22.2. The van der Waals surface area contributed by atoms with Crippen LogP contribution in [0.4, 0.5) is 5.82 Å². The molecule has 3 aromatic rings. The first kappa shape index (κ1) is 20.2. The molecule has 2 fully saturated rings. The minimum atomic E-state index is -0.438. The molecule has 0 saturated carbocycles. The van der Waals surface area contributed by atoms with Crippen LogP contribution in [-0.4, -0.2) is 52.1 Å². The first-order valence-electron chi connectivity index (χ1n) is 10.9. The summed E-state index contributed by atoms with van der Waals surface area (Å²) in [5, 5.41) is 17.1. The molecular formula is C24H25N5O3.